The maximum atomic E-state index is 11.3. The van der Waals surface area contributed by atoms with Crippen LogP contribution in [0.25, 0.3) is 0 Å². The van der Waals surface area contributed by atoms with Crippen LogP contribution in [0.1, 0.15) is 41.0 Å². The van der Waals surface area contributed by atoms with Crippen LogP contribution in [0, 0.1) is 10.8 Å². The zero-order valence-corrected chi connectivity index (χ0v) is 20.3. The molecular formula is C29H31N3O4. The van der Waals surface area contributed by atoms with E-state index in [-0.39, 0.29) is 18.4 Å². The van der Waals surface area contributed by atoms with Crippen molar-refractivity contribution in [3.05, 3.63) is 95.1 Å². The summed E-state index contributed by atoms with van der Waals surface area (Å²) in [6.45, 7) is 0.432. The number of nitrogens with zero attached hydrogens (tertiary/aromatic N) is 1. The molecule has 0 fully saturated rings. The van der Waals surface area contributed by atoms with Gasteiger partial charge in [0.25, 0.3) is 0 Å². The van der Waals surface area contributed by atoms with E-state index in [0.717, 1.165) is 36.9 Å². The van der Waals surface area contributed by atoms with Crippen molar-refractivity contribution in [3.8, 4) is 11.5 Å². The molecule has 2 atom stereocenters. The Bertz CT molecular complexity index is 1210. The van der Waals surface area contributed by atoms with Crippen molar-refractivity contribution in [2.45, 2.75) is 44.3 Å². The molecule has 36 heavy (non-hydrogen) atoms. The molecule has 0 heterocycles. The summed E-state index contributed by atoms with van der Waals surface area (Å²) in [4.78, 5) is 12.6. The van der Waals surface area contributed by atoms with Gasteiger partial charge in [0, 0.05) is 13.5 Å². The van der Waals surface area contributed by atoms with Crippen LogP contribution in [-0.4, -0.2) is 41.3 Å². The molecule has 186 valence electrons. The van der Waals surface area contributed by atoms with Gasteiger partial charge in [-0.05, 0) is 59.4 Å². The molecule has 0 spiro atoms. The third kappa shape index (κ3) is 6.30. The van der Waals surface area contributed by atoms with E-state index < -0.39 is 11.9 Å². The Morgan fingerprint density at radius 2 is 1.83 bits per heavy atom. The third-order valence-electron chi connectivity index (χ3n) is 6.47. The second-order valence-electron chi connectivity index (χ2n) is 9.03. The van der Waals surface area contributed by atoms with Crippen LogP contribution in [-0.2, 0) is 24.2 Å². The number of nitrogens with one attached hydrogen (secondary N) is 2. The molecule has 7 nitrogen and oxygen atoms in total. The van der Waals surface area contributed by atoms with E-state index in [1.807, 2.05) is 30.3 Å². The van der Waals surface area contributed by atoms with Crippen molar-refractivity contribution in [1.82, 2.24) is 4.90 Å². The summed E-state index contributed by atoms with van der Waals surface area (Å²) >= 11 is 0. The first kappa shape index (κ1) is 25.0. The predicted octanol–water partition coefficient (Wildman–Crippen LogP) is 5.28. The Hall–Kier alpha value is -4.13. The lowest BCUT2D eigenvalue weighted by Gasteiger charge is -2.26. The van der Waals surface area contributed by atoms with E-state index in [9.17, 15) is 9.90 Å². The molecule has 0 amide bonds. The smallest absolute Gasteiger partial charge is 0.304 e. The number of rotatable bonds is 10. The van der Waals surface area contributed by atoms with Crippen LogP contribution in [0.15, 0.2) is 72.8 Å². The first-order valence-electron chi connectivity index (χ1n) is 12.0. The van der Waals surface area contributed by atoms with Crippen molar-refractivity contribution in [1.29, 1.82) is 10.8 Å². The minimum atomic E-state index is -0.992. The Kier molecular flexibility index (Phi) is 8.00. The zero-order chi connectivity index (χ0) is 25.5. The van der Waals surface area contributed by atoms with Crippen LogP contribution >= 0.6 is 0 Å². The van der Waals surface area contributed by atoms with Gasteiger partial charge < -0.3 is 19.5 Å². The third-order valence-corrected chi connectivity index (χ3v) is 6.47. The van der Waals surface area contributed by atoms with Gasteiger partial charge in [-0.3, -0.25) is 15.6 Å². The number of carboxylic acids is 1. The average molecular weight is 486 g/mol. The van der Waals surface area contributed by atoms with E-state index >= 15 is 0 Å². The number of ether oxygens (including phenoxy) is 2. The number of hydrogen-bond acceptors (Lipinski definition) is 5. The molecular weight excluding hydrogens is 454 g/mol. The SMILES string of the molecule is CN(C=N)C(=N)C(CC(=O)O)c1ccc(OCc2ccc3c(c2)CCC(Oc2ccccc2)C3)cc1. The van der Waals surface area contributed by atoms with E-state index in [1.54, 1.807) is 31.3 Å². The number of amidine groups is 1. The first-order chi connectivity index (χ1) is 17.4. The molecule has 0 bridgehead atoms. The van der Waals surface area contributed by atoms with Crippen molar-refractivity contribution in [3.63, 3.8) is 0 Å². The van der Waals surface area contributed by atoms with Crippen molar-refractivity contribution in [2.75, 3.05) is 7.05 Å². The standard InChI is InChI=1S/C29H31N3O4/c1-32(19-30)29(31)27(17-28(33)34)21-9-12-24(13-10-21)35-18-20-7-8-23-16-26(14-11-22(23)15-20)36-25-5-3-2-4-6-25/h2-10,12-13,15,19,26-27,30-31H,11,14,16-18H2,1H3,(H,33,34). The highest BCUT2D eigenvalue weighted by atomic mass is 16.5. The largest absolute Gasteiger partial charge is 0.490 e. The van der Waals surface area contributed by atoms with Gasteiger partial charge in [-0.2, -0.15) is 0 Å². The highest BCUT2D eigenvalue weighted by molar-refractivity contribution is 5.95. The van der Waals surface area contributed by atoms with Crippen LogP contribution in [0.3, 0.4) is 0 Å². The number of aryl methyl sites for hydroxylation is 1. The minimum Gasteiger partial charge on any atom is -0.490 e. The summed E-state index contributed by atoms with van der Waals surface area (Å²) in [5.74, 6) is 0.0162. The van der Waals surface area contributed by atoms with Crippen LogP contribution in [0.5, 0.6) is 11.5 Å². The number of benzene rings is 3. The Labute approximate surface area is 211 Å². The molecule has 3 aromatic carbocycles. The molecule has 0 saturated heterocycles. The van der Waals surface area contributed by atoms with Crippen LogP contribution in [0.4, 0.5) is 0 Å². The van der Waals surface area contributed by atoms with Gasteiger partial charge in [0.2, 0.25) is 0 Å². The summed E-state index contributed by atoms with van der Waals surface area (Å²) < 4.78 is 12.1. The van der Waals surface area contributed by atoms with Gasteiger partial charge in [0.15, 0.2) is 0 Å². The molecule has 3 N–H and O–H groups in total. The highest BCUT2D eigenvalue weighted by Gasteiger charge is 2.23. The Morgan fingerprint density at radius 1 is 1.08 bits per heavy atom. The fourth-order valence-corrected chi connectivity index (χ4v) is 4.48. The molecule has 7 heteroatoms. The maximum absolute atomic E-state index is 11.3. The minimum absolute atomic E-state index is 0.0616. The number of fused-ring (bicyclic) bond motifs is 1. The quantitative estimate of drug-likeness (QED) is 0.268. The summed E-state index contributed by atoms with van der Waals surface area (Å²) in [6.07, 6.45) is 3.81. The summed E-state index contributed by atoms with van der Waals surface area (Å²) in [5, 5.41) is 24.9. The molecule has 0 aliphatic heterocycles. The maximum Gasteiger partial charge on any atom is 0.304 e. The summed E-state index contributed by atoms with van der Waals surface area (Å²) in [7, 11) is 1.57. The van der Waals surface area contributed by atoms with Gasteiger partial charge in [0.05, 0.1) is 18.7 Å². The number of carbonyl (C=O) groups is 1. The molecule has 0 radical (unpaired) electrons. The number of hydrogen-bond donors (Lipinski definition) is 3. The lowest BCUT2D eigenvalue weighted by molar-refractivity contribution is -0.137. The molecule has 1 aliphatic rings. The van der Waals surface area contributed by atoms with E-state index in [2.05, 4.69) is 18.2 Å². The first-order valence-corrected chi connectivity index (χ1v) is 12.0. The lowest BCUT2D eigenvalue weighted by atomic mass is 9.88. The summed E-state index contributed by atoms with van der Waals surface area (Å²) in [5.41, 5.74) is 4.45. The van der Waals surface area contributed by atoms with Crippen LogP contribution < -0.4 is 9.47 Å². The van der Waals surface area contributed by atoms with Crippen molar-refractivity contribution >= 4 is 18.1 Å². The van der Waals surface area contributed by atoms with Gasteiger partial charge in [0.1, 0.15) is 30.0 Å². The average Bonchev–Trinajstić information content (AvgIpc) is 2.90. The van der Waals surface area contributed by atoms with E-state index in [0.29, 0.717) is 17.9 Å². The predicted molar refractivity (Wildman–Crippen MR) is 139 cm³/mol. The number of aliphatic carboxylic acids is 1. The molecule has 2 unspecified atom stereocenters. The van der Waals surface area contributed by atoms with Gasteiger partial charge >= 0.3 is 5.97 Å². The molecule has 3 aromatic rings. The molecule has 0 saturated carbocycles. The van der Waals surface area contributed by atoms with E-state index in [1.165, 1.54) is 16.0 Å². The monoisotopic (exact) mass is 485 g/mol. The molecule has 4 rings (SSSR count). The molecule has 0 aromatic heterocycles. The normalized spacial score (nSPS) is 15.3. The second kappa shape index (κ2) is 11.5. The Morgan fingerprint density at radius 3 is 2.53 bits per heavy atom. The number of carboxylic acid groups (broad SMARTS) is 1. The fourth-order valence-electron chi connectivity index (χ4n) is 4.48. The summed E-state index contributed by atoms with van der Waals surface area (Å²) in [6, 6.07) is 23.6. The van der Waals surface area contributed by atoms with E-state index in [4.69, 9.17) is 20.3 Å². The lowest BCUT2D eigenvalue weighted by Crippen LogP contribution is -2.31. The van der Waals surface area contributed by atoms with Crippen molar-refractivity contribution < 1.29 is 19.4 Å². The topological polar surface area (TPSA) is 107 Å². The zero-order valence-electron chi connectivity index (χ0n) is 20.3. The number of likely N-dealkylation sites (N-methyl/N-ethyl adjacent to an activating group) is 1. The number of para-hydroxylation sites is 1. The fraction of sp³-hybridized carbons (Fsp3) is 0.276. The van der Waals surface area contributed by atoms with Gasteiger partial charge in [-0.15, -0.1) is 0 Å². The second-order valence-corrected chi connectivity index (χ2v) is 9.03. The van der Waals surface area contributed by atoms with Crippen molar-refractivity contribution in [2.24, 2.45) is 0 Å². The van der Waals surface area contributed by atoms with Crippen LogP contribution in [0.2, 0.25) is 0 Å². The van der Waals surface area contributed by atoms with Gasteiger partial charge in [-0.25, -0.2) is 0 Å². The molecule has 1 aliphatic carbocycles. The Balaban J connectivity index is 1.36. The van der Waals surface area contributed by atoms with Gasteiger partial charge in [-0.1, -0.05) is 48.5 Å². The highest BCUT2D eigenvalue weighted by Crippen LogP contribution is 2.28.